The first-order chi connectivity index (χ1) is 21.8. The Morgan fingerprint density at radius 3 is 1.60 bits per heavy atom. The van der Waals surface area contributed by atoms with E-state index in [1.807, 2.05) is 0 Å². The summed E-state index contributed by atoms with van der Waals surface area (Å²) in [5.41, 5.74) is 11.2. The van der Waals surface area contributed by atoms with Crippen LogP contribution in [0.2, 0.25) is 0 Å². The summed E-state index contributed by atoms with van der Waals surface area (Å²) in [7, 11) is 0. The topological polar surface area (TPSA) is 3.24 Å². The summed E-state index contributed by atoms with van der Waals surface area (Å²) in [6.45, 7) is 9.65. The molecular weight excluding hydrogens is 542 g/mol. The van der Waals surface area contributed by atoms with Gasteiger partial charge in [-0.1, -0.05) is 137 Å². The van der Waals surface area contributed by atoms with Gasteiger partial charge in [-0.3, -0.25) is 0 Å². The molecule has 0 N–H and O–H groups in total. The van der Waals surface area contributed by atoms with Gasteiger partial charge in [0.1, 0.15) is 0 Å². The second-order valence-corrected chi connectivity index (χ2v) is 13.4. The highest BCUT2D eigenvalue weighted by Gasteiger charge is 2.44. The summed E-state index contributed by atoms with van der Waals surface area (Å²) in [4.78, 5) is 2.37. The van der Waals surface area contributed by atoms with Crippen molar-refractivity contribution in [3.05, 3.63) is 163 Å². The molecule has 7 aromatic carbocycles. The molecule has 1 heteroatoms. The third-order valence-electron chi connectivity index (χ3n) is 10.6. The molecule has 1 nitrogen and oxygen atoms in total. The lowest BCUT2D eigenvalue weighted by molar-refractivity contribution is 0.304. The van der Waals surface area contributed by atoms with E-state index in [9.17, 15) is 0 Å². The average molecular weight is 580 g/mol. The standard InChI is InChI=1S/C44H37N/c1-43(2)39-25-13-19-33-29-38(37-24-14-26-40(44(43,3)4)42(37)41(33)39)32-18-12-23-36(28-32)45(34-20-9-6-10-21-34)35-22-11-17-31(27-35)30-15-7-5-8-16-30/h5-29H,1-4H3. The molecule has 1 aliphatic rings. The van der Waals surface area contributed by atoms with Crippen LogP contribution in [0.5, 0.6) is 0 Å². The van der Waals surface area contributed by atoms with E-state index in [0.717, 1.165) is 17.1 Å². The van der Waals surface area contributed by atoms with Gasteiger partial charge >= 0.3 is 0 Å². The second-order valence-electron chi connectivity index (χ2n) is 13.4. The molecule has 0 saturated carbocycles. The number of anilines is 3. The van der Waals surface area contributed by atoms with Crippen LogP contribution in [0.1, 0.15) is 38.8 Å². The Balaban J connectivity index is 1.34. The van der Waals surface area contributed by atoms with Crippen LogP contribution in [0.4, 0.5) is 17.1 Å². The van der Waals surface area contributed by atoms with E-state index >= 15 is 0 Å². The molecule has 0 aliphatic heterocycles. The number of para-hydroxylation sites is 1. The lowest BCUT2D eigenvalue weighted by atomic mass is 9.56. The molecule has 0 aromatic heterocycles. The van der Waals surface area contributed by atoms with Crippen molar-refractivity contribution in [3.63, 3.8) is 0 Å². The Morgan fingerprint density at radius 1 is 0.400 bits per heavy atom. The molecule has 0 unspecified atom stereocenters. The first-order valence-electron chi connectivity index (χ1n) is 16.0. The maximum absolute atomic E-state index is 2.42. The molecule has 1 aliphatic carbocycles. The molecule has 7 aromatic rings. The zero-order valence-electron chi connectivity index (χ0n) is 26.4. The molecule has 0 bridgehead atoms. The quantitative estimate of drug-likeness (QED) is 0.183. The molecular formula is C44H37N. The van der Waals surface area contributed by atoms with Crippen molar-refractivity contribution in [1.29, 1.82) is 0 Å². The van der Waals surface area contributed by atoms with E-state index in [2.05, 4.69) is 184 Å². The van der Waals surface area contributed by atoms with Crippen LogP contribution in [0, 0.1) is 0 Å². The number of hydrogen-bond donors (Lipinski definition) is 0. The summed E-state index contributed by atoms with van der Waals surface area (Å²) in [5.74, 6) is 0. The lowest BCUT2D eigenvalue weighted by Gasteiger charge is -2.47. The Kier molecular flexibility index (Phi) is 6.22. The van der Waals surface area contributed by atoms with Gasteiger partial charge in [0.15, 0.2) is 0 Å². The molecule has 0 atom stereocenters. The van der Waals surface area contributed by atoms with Gasteiger partial charge in [0.05, 0.1) is 0 Å². The van der Waals surface area contributed by atoms with E-state index in [1.165, 1.54) is 54.9 Å². The fourth-order valence-electron chi connectivity index (χ4n) is 7.49. The van der Waals surface area contributed by atoms with Crippen molar-refractivity contribution < 1.29 is 0 Å². The van der Waals surface area contributed by atoms with Crippen LogP contribution in [0.25, 0.3) is 43.8 Å². The minimum Gasteiger partial charge on any atom is -0.310 e. The maximum Gasteiger partial charge on any atom is 0.0467 e. The molecule has 0 radical (unpaired) electrons. The molecule has 45 heavy (non-hydrogen) atoms. The Hall–Kier alpha value is -5.14. The van der Waals surface area contributed by atoms with E-state index in [1.54, 1.807) is 0 Å². The van der Waals surface area contributed by atoms with Gasteiger partial charge in [-0.05, 0) is 108 Å². The predicted molar refractivity (Wildman–Crippen MR) is 193 cm³/mol. The van der Waals surface area contributed by atoms with Crippen LogP contribution in [0.15, 0.2) is 152 Å². The normalized spacial score (nSPS) is 14.6. The zero-order valence-corrected chi connectivity index (χ0v) is 26.4. The van der Waals surface area contributed by atoms with Crippen molar-refractivity contribution >= 4 is 38.6 Å². The third-order valence-corrected chi connectivity index (χ3v) is 10.6. The molecule has 0 saturated heterocycles. The van der Waals surface area contributed by atoms with Crippen LogP contribution in [-0.4, -0.2) is 0 Å². The molecule has 0 spiro atoms. The van der Waals surface area contributed by atoms with Crippen molar-refractivity contribution in [3.8, 4) is 22.3 Å². The predicted octanol–water partition coefficient (Wildman–Crippen LogP) is 12.4. The smallest absolute Gasteiger partial charge is 0.0467 e. The van der Waals surface area contributed by atoms with Gasteiger partial charge in [-0.25, -0.2) is 0 Å². The lowest BCUT2D eigenvalue weighted by Crippen LogP contribution is -2.42. The van der Waals surface area contributed by atoms with Crippen LogP contribution >= 0.6 is 0 Å². The van der Waals surface area contributed by atoms with Gasteiger partial charge < -0.3 is 4.90 Å². The van der Waals surface area contributed by atoms with Crippen LogP contribution in [-0.2, 0) is 10.8 Å². The SMILES string of the molecule is CC1(C)c2cccc3cc(-c4cccc(N(c5ccccc5)c5cccc(-c6ccccc6)c5)c4)c4cccc(c4c23)C1(C)C. The van der Waals surface area contributed by atoms with Gasteiger partial charge in [0, 0.05) is 17.1 Å². The van der Waals surface area contributed by atoms with Crippen molar-refractivity contribution in [2.45, 2.75) is 38.5 Å². The van der Waals surface area contributed by atoms with Crippen LogP contribution < -0.4 is 4.90 Å². The third kappa shape index (κ3) is 4.22. The van der Waals surface area contributed by atoms with E-state index in [-0.39, 0.29) is 10.8 Å². The number of benzene rings is 7. The van der Waals surface area contributed by atoms with E-state index in [0.29, 0.717) is 0 Å². The van der Waals surface area contributed by atoms with Crippen LogP contribution in [0.3, 0.4) is 0 Å². The monoisotopic (exact) mass is 579 g/mol. The number of nitrogens with zero attached hydrogens (tertiary/aromatic N) is 1. The number of rotatable bonds is 5. The zero-order chi connectivity index (χ0) is 30.8. The summed E-state index contributed by atoms with van der Waals surface area (Å²) >= 11 is 0. The first-order valence-corrected chi connectivity index (χ1v) is 16.0. The largest absolute Gasteiger partial charge is 0.310 e. The van der Waals surface area contributed by atoms with Crippen molar-refractivity contribution in [2.75, 3.05) is 4.90 Å². The fraction of sp³-hybridized carbons (Fsp3) is 0.136. The van der Waals surface area contributed by atoms with E-state index < -0.39 is 0 Å². The van der Waals surface area contributed by atoms with Crippen molar-refractivity contribution in [2.24, 2.45) is 0 Å². The highest BCUT2D eigenvalue weighted by Crippen LogP contribution is 2.54. The van der Waals surface area contributed by atoms with Gasteiger partial charge in [-0.2, -0.15) is 0 Å². The number of hydrogen-bond acceptors (Lipinski definition) is 1. The van der Waals surface area contributed by atoms with Gasteiger partial charge in [-0.15, -0.1) is 0 Å². The Labute approximate surface area is 266 Å². The van der Waals surface area contributed by atoms with Gasteiger partial charge in [0.25, 0.3) is 0 Å². The highest BCUT2D eigenvalue weighted by molar-refractivity contribution is 6.18. The fourth-order valence-corrected chi connectivity index (χ4v) is 7.49. The minimum atomic E-state index is -0.0118. The van der Waals surface area contributed by atoms with Gasteiger partial charge in [0.2, 0.25) is 0 Å². The van der Waals surface area contributed by atoms with Crippen molar-refractivity contribution in [1.82, 2.24) is 0 Å². The second kappa shape index (κ2) is 10.2. The minimum absolute atomic E-state index is 0.0118. The summed E-state index contributed by atoms with van der Waals surface area (Å²) in [5, 5.41) is 5.46. The Morgan fingerprint density at radius 2 is 0.911 bits per heavy atom. The average Bonchev–Trinajstić information content (AvgIpc) is 3.08. The summed E-state index contributed by atoms with van der Waals surface area (Å²) in [6, 6.07) is 55.5. The molecule has 0 amide bonds. The molecule has 218 valence electrons. The molecule has 0 fully saturated rings. The first kappa shape index (κ1) is 27.4. The van der Waals surface area contributed by atoms with E-state index in [4.69, 9.17) is 0 Å². The highest BCUT2D eigenvalue weighted by atomic mass is 15.1. The Bertz CT molecular complexity index is 2210. The maximum atomic E-state index is 2.42. The summed E-state index contributed by atoms with van der Waals surface area (Å²) < 4.78 is 0. The molecule has 0 heterocycles. The molecule has 8 rings (SSSR count). The summed E-state index contributed by atoms with van der Waals surface area (Å²) in [6.07, 6.45) is 0.